The summed E-state index contributed by atoms with van der Waals surface area (Å²) in [4.78, 5) is 16.7. The van der Waals surface area contributed by atoms with Crippen LogP contribution in [0.15, 0.2) is 95.9 Å². The first-order valence-electron chi connectivity index (χ1n) is 10.4. The molecule has 168 valence electrons. The summed E-state index contributed by atoms with van der Waals surface area (Å²) >= 11 is 0. The first-order chi connectivity index (χ1) is 15.7. The molecular formula is C26H25N3O3S. The number of benzene rings is 4. The Balaban J connectivity index is 1.55. The molecule has 7 heteroatoms. The van der Waals surface area contributed by atoms with Gasteiger partial charge in [0.1, 0.15) is 0 Å². The van der Waals surface area contributed by atoms with Gasteiger partial charge in [0, 0.05) is 43.8 Å². The SMILES string of the molecule is CN(C)c1ccc(N(C)C(=O)c2cccc(NS(=O)(=O)c3ccc4ccccc4c3)c2)cc1. The fraction of sp³-hybridized carbons (Fsp3) is 0.115. The van der Waals surface area contributed by atoms with Crippen molar-refractivity contribution in [2.45, 2.75) is 4.90 Å². The molecule has 0 aliphatic carbocycles. The first kappa shape index (κ1) is 22.4. The van der Waals surface area contributed by atoms with Crippen molar-refractivity contribution < 1.29 is 13.2 Å². The van der Waals surface area contributed by atoms with Crippen LogP contribution in [0, 0.1) is 0 Å². The van der Waals surface area contributed by atoms with E-state index in [1.807, 2.05) is 67.5 Å². The third kappa shape index (κ3) is 4.83. The molecule has 0 aromatic heterocycles. The highest BCUT2D eigenvalue weighted by molar-refractivity contribution is 7.92. The normalized spacial score (nSPS) is 11.2. The van der Waals surface area contributed by atoms with Crippen molar-refractivity contribution in [3.05, 3.63) is 96.6 Å². The van der Waals surface area contributed by atoms with Crippen molar-refractivity contribution in [1.29, 1.82) is 0 Å². The molecule has 4 aromatic rings. The molecule has 4 aromatic carbocycles. The van der Waals surface area contributed by atoms with Crippen LogP contribution in [-0.4, -0.2) is 35.5 Å². The third-order valence-electron chi connectivity index (χ3n) is 5.45. The van der Waals surface area contributed by atoms with Gasteiger partial charge in [-0.1, -0.05) is 36.4 Å². The van der Waals surface area contributed by atoms with Gasteiger partial charge in [-0.25, -0.2) is 8.42 Å². The largest absolute Gasteiger partial charge is 0.378 e. The number of nitrogens with zero attached hydrogens (tertiary/aromatic N) is 2. The lowest BCUT2D eigenvalue weighted by Crippen LogP contribution is -2.26. The summed E-state index contributed by atoms with van der Waals surface area (Å²) in [6, 6.07) is 26.7. The summed E-state index contributed by atoms with van der Waals surface area (Å²) in [5.41, 5.74) is 2.48. The van der Waals surface area contributed by atoms with Crippen LogP contribution in [0.1, 0.15) is 10.4 Å². The van der Waals surface area contributed by atoms with Crippen molar-refractivity contribution >= 4 is 43.8 Å². The molecule has 0 radical (unpaired) electrons. The van der Waals surface area contributed by atoms with Crippen LogP contribution >= 0.6 is 0 Å². The van der Waals surface area contributed by atoms with Crippen LogP contribution < -0.4 is 14.5 Å². The minimum atomic E-state index is -3.81. The van der Waals surface area contributed by atoms with E-state index in [0.29, 0.717) is 11.3 Å². The molecule has 0 spiro atoms. The zero-order valence-electron chi connectivity index (χ0n) is 18.7. The second-order valence-corrected chi connectivity index (χ2v) is 9.65. The van der Waals surface area contributed by atoms with Gasteiger partial charge < -0.3 is 9.80 Å². The summed E-state index contributed by atoms with van der Waals surface area (Å²) < 4.78 is 28.5. The molecule has 0 aliphatic rings. The molecule has 6 nitrogen and oxygen atoms in total. The fourth-order valence-electron chi connectivity index (χ4n) is 3.55. The maximum absolute atomic E-state index is 13.0. The number of amides is 1. The van der Waals surface area contributed by atoms with E-state index in [0.717, 1.165) is 22.1 Å². The molecular weight excluding hydrogens is 434 g/mol. The minimum absolute atomic E-state index is 0.163. The van der Waals surface area contributed by atoms with E-state index < -0.39 is 10.0 Å². The van der Waals surface area contributed by atoms with E-state index in [-0.39, 0.29) is 10.8 Å². The number of hydrogen-bond donors (Lipinski definition) is 1. The Morgan fingerprint density at radius 1 is 0.727 bits per heavy atom. The molecule has 0 fully saturated rings. The van der Waals surface area contributed by atoms with Crippen molar-refractivity contribution in [2.24, 2.45) is 0 Å². The molecule has 0 aliphatic heterocycles. The predicted molar refractivity (Wildman–Crippen MR) is 135 cm³/mol. The molecule has 0 saturated carbocycles. The Morgan fingerprint density at radius 3 is 2.09 bits per heavy atom. The van der Waals surface area contributed by atoms with Gasteiger partial charge in [-0.15, -0.1) is 0 Å². The molecule has 0 unspecified atom stereocenters. The van der Waals surface area contributed by atoms with Crippen molar-refractivity contribution in [3.8, 4) is 0 Å². The number of hydrogen-bond acceptors (Lipinski definition) is 4. The number of nitrogens with one attached hydrogen (secondary N) is 1. The molecule has 0 saturated heterocycles. The van der Waals surface area contributed by atoms with Gasteiger partial charge in [0.2, 0.25) is 0 Å². The average Bonchev–Trinajstić information content (AvgIpc) is 2.82. The lowest BCUT2D eigenvalue weighted by molar-refractivity contribution is 0.0993. The number of sulfonamides is 1. The maximum atomic E-state index is 13.0. The minimum Gasteiger partial charge on any atom is -0.378 e. The summed E-state index contributed by atoms with van der Waals surface area (Å²) in [5, 5.41) is 1.80. The quantitative estimate of drug-likeness (QED) is 0.441. The highest BCUT2D eigenvalue weighted by Gasteiger charge is 2.18. The van der Waals surface area contributed by atoms with E-state index >= 15 is 0 Å². The van der Waals surface area contributed by atoms with E-state index in [2.05, 4.69) is 4.72 Å². The van der Waals surface area contributed by atoms with Crippen LogP contribution in [-0.2, 0) is 10.0 Å². The Morgan fingerprint density at radius 2 is 1.39 bits per heavy atom. The highest BCUT2D eigenvalue weighted by Crippen LogP contribution is 2.24. The Kier molecular flexibility index (Phi) is 6.07. The second-order valence-electron chi connectivity index (χ2n) is 7.97. The third-order valence-corrected chi connectivity index (χ3v) is 6.83. The highest BCUT2D eigenvalue weighted by atomic mass is 32.2. The van der Waals surface area contributed by atoms with Gasteiger partial charge >= 0.3 is 0 Å². The maximum Gasteiger partial charge on any atom is 0.261 e. The van der Waals surface area contributed by atoms with E-state index in [9.17, 15) is 13.2 Å². The van der Waals surface area contributed by atoms with Gasteiger partial charge in [-0.2, -0.15) is 0 Å². The number of rotatable bonds is 6. The van der Waals surface area contributed by atoms with Crippen LogP contribution in [0.2, 0.25) is 0 Å². The van der Waals surface area contributed by atoms with Crippen LogP contribution in [0.3, 0.4) is 0 Å². The summed E-state index contributed by atoms with van der Waals surface area (Å²) in [7, 11) is 1.79. The summed E-state index contributed by atoms with van der Waals surface area (Å²) in [6.45, 7) is 0. The summed E-state index contributed by atoms with van der Waals surface area (Å²) in [5.74, 6) is -0.237. The van der Waals surface area contributed by atoms with E-state index in [4.69, 9.17) is 0 Å². The zero-order valence-corrected chi connectivity index (χ0v) is 19.5. The molecule has 0 heterocycles. The standard InChI is InChI=1S/C26H25N3O3S/c1-28(2)23-12-14-24(15-13-23)29(3)26(30)21-9-6-10-22(17-21)27-33(31,32)25-16-11-19-7-4-5-8-20(19)18-25/h4-18,27H,1-3H3. The van der Waals surface area contributed by atoms with Crippen molar-refractivity contribution in [1.82, 2.24) is 0 Å². The molecule has 1 N–H and O–H groups in total. The Hall–Kier alpha value is -3.84. The predicted octanol–water partition coefficient (Wildman–Crippen LogP) is 4.98. The second kappa shape index (κ2) is 8.96. The molecule has 4 rings (SSSR count). The molecule has 0 bridgehead atoms. The van der Waals surface area contributed by atoms with Gasteiger partial charge in [0.05, 0.1) is 4.90 Å². The van der Waals surface area contributed by atoms with Crippen molar-refractivity contribution in [2.75, 3.05) is 35.7 Å². The van der Waals surface area contributed by atoms with Crippen LogP contribution in [0.4, 0.5) is 17.1 Å². The molecule has 33 heavy (non-hydrogen) atoms. The van der Waals surface area contributed by atoms with Gasteiger partial charge in [-0.05, 0) is 65.4 Å². The fourth-order valence-corrected chi connectivity index (χ4v) is 4.63. The van der Waals surface area contributed by atoms with E-state index in [1.54, 1.807) is 49.5 Å². The topological polar surface area (TPSA) is 69.7 Å². The zero-order chi connectivity index (χ0) is 23.6. The molecule has 1 amide bonds. The van der Waals surface area contributed by atoms with E-state index in [1.165, 1.54) is 4.90 Å². The first-order valence-corrected chi connectivity index (χ1v) is 11.9. The lowest BCUT2D eigenvalue weighted by Gasteiger charge is -2.19. The van der Waals surface area contributed by atoms with Gasteiger partial charge in [-0.3, -0.25) is 9.52 Å². The number of anilines is 3. The van der Waals surface area contributed by atoms with Crippen LogP contribution in [0.25, 0.3) is 10.8 Å². The average molecular weight is 460 g/mol. The Bertz CT molecular complexity index is 1410. The van der Waals surface area contributed by atoms with Crippen molar-refractivity contribution in [3.63, 3.8) is 0 Å². The number of carbonyl (C=O) groups excluding carboxylic acids is 1. The Labute approximate surface area is 194 Å². The summed E-state index contributed by atoms with van der Waals surface area (Å²) in [6.07, 6.45) is 0. The smallest absolute Gasteiger partial charge is 0.261 e. The lowest BCUT2D eigenvalue weighted by atomic mass is 10.1. The number of carbonyl (C=O) groups is 1. The van der Waals surface area contributed by atoms with Gasteiger partial charge in [0.15, 0.2) is 0 Å². The molecule has 0 atom stereocenters. The monoisotopic (exact) mass is 459 g/mol. The van der Waals surface area contributed by atoms with Crippen LogP contribution in [0.5, 0.6) is 0 Å². The number of fused-ring (bicyclic) bond motifs is 1. The van der Waals surface area contributed by atoms with Gasteiger partial charge in [0.25, 0.3) is 15.9 Å².